The highest BCUT2D eigenvalue weighted by Crippen LogP contribution is 2.17. The van der Waals surface area contributed by atoms with Crippen molar-refractivity contribution in [3.8, 4) is 0 Å². The van der Waals surface area contributed by atoms with Gasteiger partial charge in [0.2, 0.25) is 5.89 Å². The topological polar surface area (TPSA) is 68.2 Å². The molecule has 102 valence electrons. The molecule has 5 nitrogen and oxygen atoms in total. The molecule has 0 amide bonds. The summed E-state index contributed by atoms with van der Waals surface area (Å²) < 4.78 is 5.21. The van der Waals surface area contributed by atoms with Crippen molar-refractivity contribution in [2.45, 2.75) is 25.8 Å². The number of benzene rings is 1. The van der Waals surface area contributed by atoms with Crippen molar-refractivity contribution in [2.24, 2.45) is 5.73 Å². The number of anilines is 1. The largest absolute Gasteiger partial charge is 0.342 e. The summed E-state index contributed by atoms with van der Waals surface area (Å²) in [7, 11) is 1.92. The fourth-order valence-corrected chi connectivity index (χ4v) is 1.76. The molecule has 5 heteroatoms. The summed E-state index contributed by atoms with van der Waals surface area (Å²) in [5, 5.41) is 3.92. The van der Waals surface area contributed by atoms with Crippen LogP contribution in [-0.4, -0.2) is 23.7 Å². The average Bonchev–Trinajstić information content (AvgIpc) is 2.95. The lowest BCUT2D eigenvalue weighted by atomic mass is 10.1. The second-order valence-electron chi connectivity index (χ2n) is 4.58. The monoisotopic (exact) mass is 260 g/mol. The number of rotatable bonds is 6. The fourth-order valence-electron chi connectivity index (χ4n) is 1.76. The number of aromatic nitrogens is 2. The Morgan fingerprint density at radius 3 is 2.74 bits per heavy atom. The molecule has 2 rings (SSSR count). The van der Waals surface area contributed by atoms with Gasteiger partial charge in [0.25, 0.3) is 5.95 Å². The van der Waals surface area contributed by atoms with E-state index in [1.165, 1.54) is 5.56 Å². The first-order valence-corrected chi connectivity index (χ1v) is 6.55. The second kappa shape index (κ2) is 6.33. The molecule has 0 spiro atoms. The van der Waals surface area contributed by atoms with Crippen molar-refractivity contribution in [1.82, 2.24) is 10.1 Å². The fraction of sp³-hybridized carbons (Fsp3) is 0.429. The van der Waals surface area contributed by atoms with Crippen LogP contribution in [0, 0.1) is 0 Å². The van der Waals surface area contributed by atoms with E-state index in [2.05, 4.69) is 22.3 Å². The van der Waals surface area contributed by atoms with Crippen LogP contribution in [-0.2, 0) is 6.42 Å². The van der Waals surface area contributed by atoms with Crippen molar-refractivity contribution in [3.05, 3.63) is 41.8 Å². The van der Waals surface area contributed by atoms with Crippen molar-refractivity contribution in [2.75, 3.05) is 18.5 Å². The zero-order valence-corrected chi connectivity index (χ0v) is 11.4. The molecular formula is C14H20N4O. The third-order valence-corrected chi connectivity index (χ3v) is 3.15. The minimum atomic E-state index is -0.216. The molecule has 1 heterocycles. The standard InChI is InChI=1S/C14H20N4O/c1-3-18(2)14-16-13(19-17-14)12(15)10-9-11-7-5-4-6-8-11/h4-8,12H,3,9-10,15H2,1-2H3/t12-/m0/s1. The average molecular weight is 260 g/mol. The Kier molecular flexibility index (Phi) is 4.52. The number of hydrogen-bond donors (Lipinski definition) is 1. The van der Waals surface area contributed by atoms with E-state index in [9.17, 15) is 0 Å². The molecule has 2 N–H and O–H groups in total. The number of hydrogen-bond acceptors (Lipinski definition) is 5. The molecular weight excluding hydrogens is 240 g/mol. The molecule has 0 fully saturated rings. The van der Waals surface area contributed by atoms with Gasteiger partial charge in [-0.2, -0.15) is 4.98 Å². The van der Waals surface area contributed by atoms with Crippen LogP contribution in [0.25, 0.3) is 0 Å². The zero-order chi connectivity index (χ0) is 13.7. The van der Waals surface area contributed by atoms with Crippen molar-refractivity contribution in [1.29, 1.82) is 0 Å². The number of nitrogens with zero attached hydrogens (tertiary/aromatic N) is 3. The van der Waals surface area contributed by atoms with E-state index in [0.717, 1.165) is 19.4 Å². The van der Waals surface area contributed by atoms with E-state index in [4.69, 9.17) is 10.3 Å². The molecule has 0 aliphatic rings. The van der Waals surface area contributed by atoms with Crippen LogP contribution >= 0.6 is 0 Å². The van der Waals surface area contributed by atoms with Crippen LogP contribution in [0.3, 0.4) is 0 Å². The van der Waals surface area contributed by atoms with Crippen molar-refractivity contribution < 1.29 is 4.52 Å². The first-order chi connectivity index (χ1) is 9.20. The molecule has 1 aromatic heterocycles. The molecule has 0 aliphatic carbocycles. The maximum atomic E-state index is 6.08. The Hall–Kier alpha value is -1.88. The predicted molar refractivity (Wildman–Crippen MR) is 74.9 cm³/mol. The van der Waals surface area contributed by atoms with E-state index in [1.54, 1.807) is 0 Å². The molecule has 19 heavy (non-hydrogen) atoms. The summed E-state index contributed by atoms with van der Waals surface area (Å²) in [4.78, 5) is 6.23. The van der Waals surface area contributed by atoms with Gasteiger partial charge < -0.3 is 15.2 Å². The minimum Gasteiger partial charge on any atom is -0.342 e. The maximum Gasteiger partial charge on any atom is 0.265 e. The third kappa shape index (κ3) is 3.54. The minimum absolute atomic E-state index is 0.216. The van der Waals surface area contributed by atoms with Gasteiger partial charge in [0.1, 0.15) is 0 Å². The molecule has 0 bridgehead atoms. The van der Waals surface area contributed by atoms with Crippen LogP contribution in [0.5, 0.6) is 0 Å². The Morgan fingerprint density at radius 1 is 1.32 bits per heavy atom. The summed E-state index contributed by atoms with van der Waals surface area (Å²) in [5.41, 5.74) is 7.35. The lowest BCUT2D eigenvalue weighted by molar-refractivity contribution is 0.348. The quantitative estimate of drug-likeness (QED) is 0.862. The lowest BCUT2D eigenvalue weighted by Crippen LogP contribution is -2.17. The van der Waals surface area contributed by atoms with Crippen LogP contribution in [0.15, 0.2) is 34.9 Å². The van der Waals surface area contributed by atoms with Gasteiger partial charge in [-0.15, -0.1) is 0 Å². The van der Waals surface area contributed by atoms with Crippen molar-refractivity contribution in [3.63, 3.8) is 0 Å². The van der Waals surface area contributed by atoms with Crippen LogP contribution < -0.4 is 10.6 Å². The van der Waals surface area contributed by atoms with E-state index >= 15 is 0 Å². The Morgan fingerprint density at radius 2 is 2.05 bits per heavy atom. The van der Waals surface area contributed by atoms with E-state index in [-0.39, 0.29) is 6.04 Å². The number of aryl methyl sites for hydroxylation is 1. The van der Waals surface area contributed by atoms with Crippen LogP contribution in [0.1, 0.15) is 30.8 Å². The Labute approximate surface area is 113 Å². The Balaban J connectivity index is 1.93. The van der Waals surface area contributed by atoms with Gasteiger partial charge in [-0.25, -0.2) is 0 Å². The summed E-state index contributed by atoms with van der Waals surface area (Å²) in [5.74, 6) is 1.10. The van der Waals surface area contributed by atoms with Crippen LogP contribution in [0.2, 0.25) is 0 Å². The molecule has 2 aromatic rings. The van der Waals surface area contributed by atoms with Gasteiger partial charge in [0, 0.05) is 13.6 Å². The zero-order valence-electron chi connectivity index (χ0n) is 11.4. The first kappa shape index (κ1) is 13.5. The van der Waals surface area contributed by atoms with Gasteiger partial charge in [-0.1, -0.05) is 30.3 Å². The normalized spacial score (nSPS) is 12.4. The summed E-state index contributed by atoms with van der Waals surface area (Å²) >= 11 is 0. The van der Waals surface area contributed by atoms with E-state index in [0.29, 0.717) is 11.8 Å². The first-order valence-electron chi connectivity index (χ1n) is 6.55. The van der Waals surface area contributed by atoms with Gasteiger partial charge in [-0.3, -0.25) is 0 Å². The van der Waals surface area contributed by atoms with Gasteiger partial charge in [0.05, 0.1) is 6.04 Å². The molecule has 0 saturated carbocycles. The van der Waals surface area contributed by atoms with Gasteiger partial charge in [-0.05, 0) is 30.5 Å². The molecule has 1 atom stereocenters. The summed E-state index contributed by atoms with van der Waals surface area (Å²) in [6.07, 6.45) is 1.70. The van der Waals surface area contributed by atoms with Gasteiger partial charge >= 0.3 is 0 Å². The van der Waals surface area contributed by atoms with Crippen LogP contribution in [0.4, 0.5) is 5.95 Å². The van der Waals surface area contributed by atoms with E-state index < -0.39 is 0 Å². The highest BCUT2D eigenvalue weighted by molar-refractivity contribution is 5.25. The summed E-state index contributed by atoms with van der Waals surface area (Å²) in [6.45, 7) is 2.86. The van der Waals surface area contributed by atoms with Gasteiger partial charge in [0.15, 0.2) is 0 Å². The third-order valence-electron chi connectivity index (χ3n) is 3.15. The van der Waals surface area contributed by atoms with E-state index in [1.807, 2.05) is 37.1 Å². The lowest BCUT2D eigenvalue weighted by Gasteiger charge is -2.09. The predicted octanol–water partition coefficient (Wildman–Crippen LogP) is 2.16. The molecule has 1 aromatic carbocycles. The Bertz CT molecular complexity index is 497. The molecule has 0 aliphatic heterocycles. The van der Waals surface area contributed by atoms with Crippen molar-refractivity contribution >= 4 is 5.95 Å². The molecule has 0 radical (unpaired) electrons. The highest BCUT2D eigenvalue weighted by atomic mass is 16.5. The second-order valence-corrected chi connectivity index (χ2v) is 4.58. The molecule has 0 unspecified atom stereocenters. The highest BCUT2D eigenvalue weighted by Gasteiger charge is 2.16. The maximum absolute atomic E-state index is 6.08. The summed E-state index contributed by atoms with van der Waals surface area (Å²) in [6, 6.07) is 10.0. The number of nitrogens with two attached hydrogens (primary N) is 1. The SMILES string of the molecule is CCN(C)c1noc([C@@H](N)CCc2ccccc2)n1. The molecule has 0 saturated heterocycles. The smallest absolute Gasteiger partial charge is 0.265 e.